The van der Waals surface area contributed by atoms with Crippen LogP contribution in [0, 0.1) is 11.3 Å². The third-order valence-corrected chi connectivity index (χ3v) is 2.19. The molecule has 0 aliphatic rings. The molecule has 15 heavy (non-hydrogen) atoms. The molecule has 0 saturated heterocycles. The van der Waals surface area contributed by atoms with E-state index in [2.05, 4.69) is 17.4 Å². The largest absolute Gasteiger partial charge is 0.465 e. The van der Waals surface area contributed by atoms with Gasteiger partial charge in [-0.1, -0.05) is 0 Å². The Morgan fingerprint density at radius 2 is 2.27 bits per heavy atom. The molecule has 0 aliphatic carbocycles. The highest BCUT2D eigenvalue weighted by Crippen LogP contribution is 2.19. The summed E-state index contributed by atoms with van der Waals surface area (Å²) in [5.74, 6) is -0.628. The second-order valence-corrected chi connectivity index (χ2v) is 3.16. The molecule has 0 bridgehead atoms. The predicted octanol–water partition coefficient (Wildman–Crippen LogP) is 1.45. The number of nitrogens with zero attached hydrogens (tertiary/aromatic N) is 1. The number of carbonyl (C=O) groups excluding carboxylic acids is 2. The van der Waals surface area contributed by atoms with E-state index in [0.29, 0.717) is 11.2 Å². The van der Waals surface area contributed by atoms with Crippen LogP contribution in [-0.4, -0.2) is 19.4 Å². The van der Waals surface area contributed by atoms with Crippen LogP contribution in [0.4, 0.5) is 0 Å². The van der Waals surface area contributed by atoms with Gasteiger partial charge < -0.3 is 4.74 Å². The lowest BCUT2D eigenvalue weighted by Gasteiger charge is -2.04. The van der Waals surface area contributed by atoms with Crippen molar-refractivity contribution in [2.75, 3.05) is 7.11 Å². The summed E-state index contributed by atoms with van der Waals surface area (Å²) in [7, 11) is 1.22. The fourth-order valence-corrected chi connectivity index (χ4v) is 1.32. The van der Waals surface area contributed by atoms with E-state index < -0.39 is 5.97 Å². The van der Waals surface area contributed by atoms with Crippen LogP contribution in [0.5, 0.6) is 0 Å². The lowest BCUT2D eigenvalue weighted by molar-refractivity contribution is 0.0598. The van der Waals surface area contributed by atoms with Gasteiger partial charge in [0.05, 0.1) is 18.2 Å². The van der Waals surface area contributed by atoms with Crippen LogP contribution < -0.4 is 0 Å². The number of aldehydes is 1. The molecule has 5 heteroatoms. The fourth-order valence-electron chi connectivity index (χ4n) is 1.08. The van der Waals surface area contributed by atoms with E-state index in [4.69, 9.17) is 5.26 Å². The van der Waals surface area contributed by atoms with E-state index in [9.17, 15) is 9.59 Å². The standard InChI is InChI=1S/C10H7NO3S/c1-14-10(13)8-3-9(15)6(4-11)2-7(8)5-12/h2-3,5,15H,1H3. The van der Waals surface area contributed by atoms with Gasteiger partial charge in [0.1, 0.15) is 6.07 Å². The summed E-state index contributed by atoms with van der Waals surface area (Å²) in [6.07, 6.45) is 0.500. The maximum atomic E-state index is 11.2. The second-order valence-electron chi connectivity index (χ2n) is 2.68. The van der Waals surface area contributed by atoms with Crippen molar-refractivity contribution in [1.29, 1.82) is 5.26 Å². The van der Waals surface area contributed by atoms with E-state index in [0.717, 1.165) is 0 Å². The molecule has 0 aromatic heterocycles. The Kier molecular flexibility index (Phi) is 3.47. The number of thiol groups is 1. The normalized spacial score (nSPS) is 9.13. The van der Waals surface area contributed by atoms with Crippen molar-refractivity contribution in [2.45, 2.75) is 4.90 Å². The molecule has 0 heterocycles. The van der Waals surface area contributed by atoms with Crippen molar-refractivity contribution in [2.24, 2.45) is 0 Å². The Hall–Kier alpha value is -1.80. The second kappa shape index (κ2) is 4.62. The van der Waals surface area contributed by atoms with Crippen LogP contribution >= 0.6 is 12.6 Å². The minimum atomic E-state index is -0.628. The first-order valence-electron chi connectivity index (χ1n) is 3.94. The maximum absolute atomic E-state index is 11.2. The zero-order valence-electron chi connectivity index (χ0n) is 7.85. The van der Waals surface area contributed by atoms with Crippen LogP contribution in [0.3, 0.4) is 0 Å². The molecular formula is C10H7NO3S. The van der Waals surface area contributed by atoms with Crippen molar-refractivity contribution < 1.29 is 14.3 Å². The number of ether oxygens (including phenoxy) is 1. The van der Waals surface area contributed by atoms with Gasteiger partial charge in [-0.05, 0) is 12.1 Å². The Morgan fingerprint density at radius 3 is 2.73 bits per heavy atom. The molecule has 0 radical (unpaired) electrons. The topological polar surface area (TPSA) is 67.2 Å². The molecule has 1 aromatic carbocycles. The Labute approximate surface area is 91.9 Å². The summed E-state index contributed by atoms with van der Waals surface area (Å²) in [4.78, 5) is 22.3. The lowest BCUT2D eigenvalue weighted by Crippen LogP contribution is -2.06. The minimum Gasteiger partial charge on any atom is -0.465 e. The van der Waals surface area contributed by atoms with Crippen LogP contribution in [0.25, 0.3) is 0 Å². The van der Waals surface area contributed by atoms with Crippen LogP contribution in [-0.2, 0) is 4.74 Å². The van der Waals surface area contributed by atoms with Crippen LogP contribution in [0.1, 0.15) is 26.3 Å². The maximum Gasteiger partial charge on any atom is 0.338 e. The third kappa shape index (κ3) is 2.17. The minimum absolute atomic E-state index is 0.108. The van der Waals surface area contributed by atoms with Gasteiger partial charge in [0.2, 0.25) is 0 Å². The van der Waals surface area contributed by atoms with Gasteiger partial charge >= 0.3 is 5.97 Å². The summed E-state index contributed by atoms with van der Waals surface area (Å²) in [5, 5.41) is 8.69. The number of hydrogen-bond donors (Lipinski definition) is 1. The molecule has 1 rings (SSSR count). The number of methoxy groups -OCH3 is 1. The highest BCUT2D eigenvalue weighted by Gasteiger charge is 2.14. The molecule has 0 amide bonds. The molecule has 1 aromatic rings. The fraction of sp³-hybridized carbons (Fsp3) is 0.100. The average molecular weight is 221 g/mol. The van der Waals surface area contributed by atoms with Crippen molar-refractivity contribution in [1.82, 2.24) is 0 Å². The predicted molar refractivity (Wildman–Crippen MR) is 55.1 cm³/mol. The molecule has 0 N–H and O–H groups in total. The van der Waals surface area contributed by atoms with Gasteiger partial charge in [-0.3, -0.25) is 4.79 Å². The van der Waals surface area contributed by atoms with E-state index >= 15 is 0 Å². The smallest absolute Gasteiger partial charge is 0.338 e. The Balaban J connectivity index is 3.41. The van der Waals surface area contributed by atoms with Crippen molar-refractivity contribution in [3.63, 3.8) is 0 Å². The van der Waals surface area contributed by atoms with E-state index in [1.54, 1.807) is 0 Å². The zero-order valence-corrected chi connectivity index (χ0v) is 8.75. The summed E-state index contributed by atoms with van der Waals surface area (Å²) in [5.41, 5.74) is 0.473. The highest BCUT2D eigenvalue weighted by molar-refractivity contribution is 7.80. The number of carbonyl (C=O) groups is 2. The van der Waals surface area contributed by atoms with Crippen molar-refractivity contribution in [3.8, 4) is 6.07 Å². The summed E-state index contributed by atoms with van der Waals surface area (Å²) in [6.45, 7) is 0. The Morgan fingerprint density at radius 1 is 1.60 bits per heavy atom. The number of rotatable bonds is 2. The first-order chi connectivity index (χ1) is 7.13. The third-order valence-electron chi connectivity index (χ3n) is 1.82. The summed E-state index contributed by atoms with van der Waals surface area (Å²) < 4.78 is 4.49. The first kappa shape index (κ1) is 11.3. The van der Waals surface area contributed by atoms with E-state index in [-0.39, 0.29) is 16.7 Å². The summed E-state index contributed by atoms with van der Waals surface area (Å²) in [6, 6.07) is 4.52. The molecule has 76 valence electrons. The van der Waals surface area contributed by atoms with Gasteiger partial charge in [-0.2, -0.15) is 5.26 Å². The van der Waals surface area contributed by atoms with Gasteiger partial charge in [0.25, 0.3) is 0 Å². The van der Waals surface area contributed by atoms with Gasteiger partial charge in [0.15, 0.2) is 6.29 Å². The molecule has 0 spiro atoms. The molecule has 0 fully saturated rings. The molecule has 0 atom stereocenters. The molecule has 4 nitrogen and oxygen atoms in total. The number of hydrogen-bond acceptors (Lipinski definition) is 5. The molecule has 0 saturated carbocycles. The van der Waals surface area contributed by atoms with Gasteiger partial charge in [0, 0.05) is 10.5 Å². The number of esters is 1. The van der Waals surface area contributed by atoms with Crippen molar-refractivity contribution in [3.05, 3.63) is 28.8 Å². The van der Waals surface area contributed by atoms with E-state index in [1.165, 1.54) is 19.2 Å². The van der Waals surface area contributed by atoms with Gasteiger partial charge in [-0.25, -0.2) is 4.79 Å². The SMILES string of the molecule is COC(=O)c1cc(S)c(C#N)cc1C=O. The molecule has 0 unspecified atom stereocenters. The molecule has 0 aliphatic heterocycles. The average Bonchev–Trinajstić information content (AvgIpc) is 2.27. The van der Waals surface area contributed by atoms with Crippen LogP contribution in [0.2, 0.25) is 0 Å². The zero-order chi connectivity index (χ0) is 11.4. The van der Waals surface area contributed by atoms with Gasteiger partial charge in [-0.15, -0.1) is 12.6 Å². The quantitative estimate of drug-likeness (QED) is 0.466. The van der Waals surface area contributed by atoms with Crippen LogP contribution in [0.15, 0.2) is 17.0 Å². The van der Waals surface area contributed by atoms with E-state index in [1.807, 2.05) is 6.07 Å². The first-order valence-corrected chi connectivity index (χ1v) is 4.39. The number of nitriles is 1. The lowest BCUT2D eigenvalue weighted by atomic mass is 10.1. The summed E-state index contributed by atoms with van der Waals surface area (Å²) >= 11 is 4.02. The van der Waals surface area contributed by atoms with Crippen molar-refractivity contribution >= 4 is 24.9 Å². The Bertz CT molecular complexity index is 462. The number of benzene rings is 1. The monoisotopic (exact) mass is 221 g/mol. The molecular weight excluding hydrogens is 214 g/mol. The highest BCUT2D eigenvalue weighted by atomic mass is 32.1.